The highest BCUT2D eigenvalue weighted by Gasteiger charge is 2.28. The third kappa shape index (κ3) is 2.42. The second kappa shape index (κ2) is 4.52. The fourth-order valence-corrected chi connectivity index (χ4v) is 2.09. The quantitative estimate of drug-likeness (QED) is 0.895. The van der Waals surface area contributed by atoms with Gasteiger partial charge in [-0.3, -0.25) is 4.79 Å². The van der Waals surface area contributed by atoms with Crippen LogP contribution in [0, 0.1) is 12.3 Å². The van der Waals surface area contributed by atoms with Crippen LogP contribution in [-0.4, -0.2) is 24.3 Å². The molecule has 1 heterocycles. The van der Waals surface area contributed by atoms with E-state index in [9.17, 15) is 4.79 Å². The minimum Gasteiger partial charge on any atom is -0.486 e. The highest BCUT2D eigenvalue weighted by atomic mass is 16.6. The molecule has 1 aliphatic rings. The van der Waals surface area contributed by atoms with Gasteiger partial charge in [0.2, 0.25) is 0 Å². The maximum Gasteiger partial charge on any atom is 0.309 e. The van der Waals surface area contributed by atoms with E-state index in [-0.39, 0.29) is 0 Å². The summed E-state index contributed by atoms with van der Waals surface area (Å²) in [5.41, 5.74) is 1.17. The van der Waals surface area contributed by atoms with Gasteiger partial charge in [-0.05, 0) is 44.4 Å². The van der Waals surface area contributed by atoms with Gasteiger partial charge in [0.1, 0.15) is 13.2 Å². The van der Waals surface area contributed by atoms with Crippen LogP contribution in [0.15, 0.2) is 12.1 Å². The van der Waals surface area contributed by atoms with Crippen molar-refractivity contribution in [1.29, 1.82) is 0 Å². The number of rotatable bonds is 3. The molecule has 0 fully saturated rings. The first-order valence-corrected chi connectivity index (χ1v) is 6.03. The molecular weight excluding hydrogens is 232 g/mol. The van der Waals surface area contributed by atoms with Crippen molar-refractivity contribution in [2.45, 2.75) is 27.2 Å². The van der Waals surface area contributed by atoms with Crippen LogP contribution in [0.1, 0.15) is 25.0 Å². The third-order valence-corrected chi connectivity index (χ3v) is 3.11. The summed E-state index contributed by atoms with van der Waals surface area (Å²) in [7, 11) is 0. The van der Waals surface area contributed by atoms with Crippen molar-refractivity contribution in [3.63, 3.8) is 0 Å². The number of fused-ring (bicyclic) bond motifs is 1. The summed E-state index contributed by atoms with van der Waals surface area (Å²) in [6.45, 7) is 6.50. The Bertz CT molecular complexity index is 477. The second-order valence-electron chi connectivity index (χ2n) is 5.30. The molecule has 1 aromatic carbocycles. The van der Waals surface area contributed by atoms with Crippen molar-refractivity contribution < 1.29 is 19.4 Å². The zero-order valence-electron chi connectivity index (χ0n) is 10.9. The Kier molecular flexibility index (Phi) is 3.20. The fraction of sp³-hybridized carbons (Fsp3) is 0.500. The zero-order chi connectivity index (χ0) is 13.3. The largest absolute Gasteiger partial charge is 0.486 e. The van der Waals surface area contributed by atoms with Gasteiger partial charge in [-0.1, -0.05) is 6.07 Å². The van der Waals surface area contributed by atoms with Gasteiger partial charge in [0.15, 0.2) is 11.5 Å². The van der Waals surface area contributed by atoms with Gasteiger partial charge < -0.3 is 14.6 Å². The first-order chi connectivity index (χ1) is 8.40. The van der Waals surface area contributed by atoms with Crippen molar-refractivity contribution in [3.8, 4) is 11.5 Å². The molecule has 0 saturated carbocycles. The molecule has 1 aliphatic heterocycles. The summed E-state index contributed by atoms with van der Waals surface area (Å²) in [6, 6.07) is 3.85. The van der Waals surface area contributed by atoms with E-state index < -0.39 is 11.4 Å². The summed E-state index contributed by atoms with van der Waals surface area (Å²) in [5.74, 6) is 0.700. The lowest BCUT2D eigenvalue weighted by molar-refractivity contribution is -0.146. The molecule has 0 atom stereocenters. The zero-order valence-corrected chi connectivity index (χ0v) is 10.9. The number of aryl methyl sites for hydroxylation is 1. The molecule has 4 nitrogen and oxygen atoms in total. The summed E-state index contributed by atoms with van der Waals surface area (Å²) in [4.78, 5) is 11.1. The number of benzene rings is 1. The Morgan fingerprint density at radius 1 is 1.33 bits per heavy atom. The van der Waals surface area contributed by atoms with Crippen LogP contribution >= 0.6 is 0 Å². The standard InChI is InChI=1S/C14H18O4/c1-9-6-10(8-14(2,3)13(15)16)7-11-12(9)18-5-4-17-11/h6-7H,4-5,8H2,1-3H3,(H,15,16). The van der Waals surface area contributed by atoms with Gasteiger partial charge in [0.25, 0.3) is 0 Å². The van der Waals surface area contributed by atoms with Crippen LogP contribution in [0.25, 0.3) is 0 Å². The van der Waals surface area contributed by atoms with Gasteiger partial charge >= 0.3 is 5.97 Å². The molecule has 0 bridgehead atoms. The Morgan fingerprint density at radius 2 is 2.00 bits per heavy atom. The highest BCUT2D eigenvalue weighted by molar-refractivity contribution is 5.74. The van der Waals surface area contributed by atoms with Crippen LogP contribution in [-0.2, 0) is 11.2 Å². The van der Waals surface area contributed by atoms with Crippen LogP contribution in [0.4, 0.5) is 0 Å². The van der Waals surface area contributed by atoms with Gasteiger partial charge in [0.05, 0.1) is 5.41 Å². The van der Waals surface area contributed by atoms with E-state index in [2.05, 4.69) is 0 Å². The van der Waals surface area contributed by atoms with Crippen LogP contribution < -0.4 is 9.47 Å². The van der Waals surface area contributed by atoms with E-state index in [0.29, 0.717) is 19.6 Å². The topological polar surface area (TPSA) is 55.8 Å². The Balaban J connectivity index is 2.30. The molecule has 18 heavy (non-hydrogen) atoms. The molecule has 0 radical (unpaired) electrons. The molecule has 0 aromatic heterocycles. The van der Waals surface area contributed by atoms with E-state index in [1.165, 1.54) is 0 Å². The number of carboxylic acids is 1. The number of carboxylic acid groups (broad SMARTS) is 1. The summed E-state index contributed by atoms with van der Waals surface area (Å²) >= 11 is 0. The minimum absolute atomic E-state index is 0.472. The van der Waals surface area contributed by atoms with Crippen LogP contribution in [0.5, 0.6) is 11.5 Å². The SMILES string of the molecule is Cc1cc(CC(C)(C)C(=O)O)cc2c1OCCO2. The van der Waals surface area contributed by atoms with E-state index in [0.717, 1.165) is 22.6 Å². The molecule has 0 saturated heterocycles. The van der Waals surface area contributed by atoms with Crippen molar-refractivity contribution in [2.75, 3.05) is 13.2 Å². The number of hydrogen-bond acceptors (Lipinski definition) is 3. The predicted molar refractivity (Wildman–Crippen MR) is 67.3 cm³/mol. The van der Waals surface area contributed by atoms with E-state index >= 15 is 0 Å². The maximum atomic E-state index is 11.1. The Morgan fingerprint density at radius 3 is 2.67 bits per heavy atom. The Labute approximate surface area is 107 Å². The first-order valence-electron chi connectivity index (χ1n) is 6.03. The lowest BCUT2D eigenvalue weighted by atomic mass is 9.85. The molecule has 0 unspecified atom stereocenters. The highest BCUT2D eigenvalue weighted by Crippen LogP contribution is 2.36. The predicted octanol–water partition coefficient (Wildman–Crippen LogP) is 2.42. The first kappa shape index (κ1) is 12.7. The number of ether oxygens (including phenoxy) is 2. The van der Waals surface area contributed by atoms with Gasteiger partial charge in [-0.15, -0.1) is 0 Å². The van der Waals surface area contributed by atoms with Crippen LogP contribution in [0.3, 0.4) is 0 Å². The van der Waals surface area contributed by atoms with Crippen molar-refractivity contribution >= 4 is 5.97 Å². The van der Waals surface area contributed by atoms with Gasteiger partial charge in [-0.25, -0.2) is 0 Å². The molecule has 4 heteroatoms. The molecule has 2 rings (SSSR count). The van der Waals surface area contributed by atoms with Crippen LogP contribution in [0.2, 0.25) is 0 Å². The second-order valence-corrected chi connectivity index (χ2v) is 5.30. The molecule has 0 aliphatic carbocycles. The molecule has 0 amide bonds. The van der Waals surface area contributed by atoms with Crippen molar-refractivity contribution in [3.05, 3.63) is 23.3 Å². The van der Waals surface area contributed by atoms with Crippen molar-refractivity contribution in [2.24, 2.45) is 5.41 Å². The lowest BCUT2D eigenvalue weighted by Gasteiger charge is -2.23. The number of carbonyl (C=O) groups is 1. The number of hydrogen-bond donors (Lipinski definition) is 1. The normalized spacial score (nSPS) is 14.4. The molecule has 1 N–H and O–H groups in total. The minimum atomic E-state index is -0.796. The monoisotopic (exact) mass is 250 g/mol. The smallest absolute Gasteiger partial charge is 0.309 e. The fourth-order valence-electron chi connectivity index (χ4n) is 2.09. The van der Waals surface area contributed by atoms with Crippen molar-refractivity contribution in [1.82, 2.24) is 0 Å². The lowest BCUT2D eigenvalue weighted by Crippen LogP contribution is -2.26. The molecule has 98 valence electrons. The van der Waals surface area contributed by atoms with E-state index in [1.807, 2.05) is 19.1 Å². The summed E-state index contributed by atoms with van der Waals surface area (Å²) in [5, 5.41) is 9.15. The average molecular weight is 250 g/mol. The summed E-state index contributed by atoms with van der Waals surface area (Å²) in [6.07, 6.45) is 0.472. The van der Waals surface area contributed by atoms with E-state index in [4.69, 9.17) is 14.6 Å². The summed E-state index contributed by atoms with van der Waals surface area (Å²) < 4.78 is 11.1. The van der Waals surface area contributed by atoms with Gasteiger partial charge in [0, 0.05) is 0 Å². The van der Waals surface area contributed by atoms with Gasteiger partial charge in [-0.2, -0.15) is 0 Å². The molecule has 1 aromatic rings. The molecular formula is C14H18O4. The Hall–Kier alpha value is -1.71. The average Bonchev–Trinajstić information content (AvgIpc) is 2.28. The number of aliphatic carboxylic acids is 1. The van der Waals surface area contributed by atoms with E-state index in [1.54, 1.807) is 13.8 Å². The molecule has 0 spiro atoms. The maximum absolute atomic E-state index is 11.1. The third-order valence-electron chi connectivity index (χ3n) is 3.11.